The van der Waals surface area contributed by atoms with Crippen LogP contribution in [0.3, 0.4) is 0 Å². The summed E-state index contributed by atoms with van der Waals surface area (Å²) in [5.41, 5.74) is 0.826. The summed E-state index contributed by atoms with van der Waals surface area (Å²) in [5, 5.41) is 11.4. The highest BCUT2D eigenvalue weighted by Gasteiger charge is 2.08. The molecule has 0 radical (unpaired) electrons. The van der Waals surface area contributed by atoms with Crippen LogP contribution in [0.5, 0.6) is 0 Å². The second-order valence-electron chi connectivity index (χ2n) is 2.57. The van der Waals surface area contributed by atoms with E-state index < -0.39 is 12.0 Å². The van der Waals surface area contributed by atoms with Crippen LogP contribution in [0.15, 0.2) is 30.3 Å². The van der Waals surface area contributed by atoms with Crippen molar-refractivity contribution < 1.29 is 9.90 Å². The molecule has 1 aromatic rings. The van der Waals surface area contributed by atoms with Crippen LogP contribution in [-0.2, 0) is 4.79 Å². The third-order valence-electron chi connectivity index (χ3n) is 1.53. The summed E-state index contributed by atoms with van der Waals surface area (Å²) in [4.78, 5) is 10.4. The van der Waals surface area contributed by atoms with Gasteiger partial charge in [-0.15, -0.1) is 0 Å². The first-order chi connectivity index (χ1) is 5.70. The van der Waals surface area contributed by atoms with Gasteiger partial charge in [-0.2, -0.15) is 0 Å². The highest BCUT2D eigenvalue weighted by Crippen LogP contribution is 2.06. The van der Waals surface area contributed by atoms with Gasteiger partial charge in [0.2, 0.25) is 0 Å². The Balaban J connectivity index is 2.58. The molecule has 0 spiro atoms. The van der Waals surface area contributed by atoms with E-state index in [-0.39, 0.29) is 0 Å². The Kier molecular flexibility index (Phi) is 2.69. The lowest BCUT2D eigenvalue weighted by Crippen LogP contribution is -2.25. The van der Waals surface area contributed by atoms with E-state index in [4.69, 9.17) is 5.11 Å². The van der Waals surface area contributed by atoms with Gasteiger partial charge in [0.1, 0.15) is 6.04 Å². The molecule has 0 unspecified atom stereocenters. The Morgan fingerprint density at radius 2 is 2.00 bits per heavy atom. The molecule has 3 nitrogen and oxygen atoms in total. The van der Waals surface area contributed by atoms with Crippen molar-refractivity contribution in [2.24, 2.45) is 0 Å². The molecule has 0 aromatic heterocycles. The van der Waals surface area contributed by atoms with Crippen molar-refractivity contribution in [3.8, 4) is 0 Å². The van der Waals surface area contributed by atoms with Gasteiger partial charge in [0.15, 0.2) is 0 Å². The van der Waals surface area contributed by atoms with E-state index in [1.165, 1.54) is 0 Å². The molecule has 3 heteroatoms. The molecule has 0 aliphatic rings. The normalized spacial score (nSPS) is 12.1. The topological polar surface area (TPSA) is 49.3 Å². The Morgan fingerprint density at radius 3 is 2.50 bits per heavy atom. The zero-order chi connectivity index (χ0) is 8.97. The van der Waals surface area contributed by atoms with Gasteiger partial charge >= 0.3 is 5.97 Å². The van der Waals surface area contributed by atoms with Crippen LogP contribution in [0.2, 0.25) is 0 Å². The highest BCUT2D eigenvalue weighted by molar-refractivity contribution is 5.76. The Morgan fingerprint density at radius 1 is 1.42 bits per heavy atom. The third kappa shape index (κ3) is 2.27. The standard InChI is InChI=1S/C9H11NO2/c1-7(9(11)12)10-8-5-3-2-4-6-8/h2-7,10H,1H3,(H,11,12)/t7-/m0/s1/i2+1,3+1,4+1,5+1,6+1,8+1. The van der Waals surface area contributed by atoms with E-state index in [1.54, 1.807) is 6.92 Å². The lowest BCUT2D eigenvalue weighted by molar-refractivity contribution is -0.137. The van der Waals surface area contributed by atoms with Crippen molar-refractivity contribution in [2.75, 3.05) is 5.32 Å². The Hall–Kier alpha value is -1.51. The maximum Gasteiger partial charge on any atom is 0.325 e. The second kappa shape index (κ2) is 3.76. The lowest BCUT2D eigenvalue weighted by Gasteiger charge is -2.09. The molecule has 12 heavy (non-hydrogen) atoms. The van der Waals surface area contributed by atoms with Gasteiger partial charge in [-0.05, 0) is 19.1 Å². The minimum atomic E-state index is -0.848. The molecular formula is C9H11NO2. The van der Waals surface area contributed by atoms with Crippen LogP contribution >= 0.6 is 0 Å². The van der Waals surface area contributed by atoms with Gasteiger partial charge in [-0.1, -0.05) is 18.2 Å². The average Bonchev–Trinajstić information content (AvgIpc) is 2.06. The first kappa shape index (κ1) is 8.59. The van der Waals surface area contributed by atoms with Crippen molar-refractivity contribution in [2.45, 2.75) is 13.0 Å². The Labute approximate surface area is 71.0 Å². The minimum absolute atomic E-state index is 0.549. The molecule has 0 aliphatic heterocycles. The van der Waals surface area contributed by atoms with E-state index in [1.807, 2.05) is 30.3 Å². The largest absolute Gasteiger partial charge is 0.480 e. The monoisotopic (exact) mass is 171 g/mol. The summed E-state index contributed by atoms with van der Waals surface area (Å²) in [6.45, 7) is 1.61. The van der Waals surface area contributed by atoms with Crippen molar-refractivity contribution in [1.82, 2.24) is 0 Å². The maximum absolute atomic E-state index is 10.4. The summed E-state index contributed by atoms with van der Waals surface area (Å²) in [6, 6.07) is 8.72. The van der Waals surface area contributed by atoms with Crippen LogP contribution in [0, 0.1) is 0 Å². The molecule has 2 N–H and O–H groups in total. The van der Waals surface area contributed by atoms with Gasteiger partial charge in [0, 0.05) is 5.69 Å². The van der Waals surface area contributed by atoms with Crippen LogP contribution < -0.4 is 5.32 Å². The quantitative estimate of drug-likeness (QED) is 0.725. The summed E-state index contributed by atoms with van der Waals surface area (Å²) in [5.74, 6) is -0.848. The molecule has 0 aliphatic carbocycles. The number of carbonyl (C=O) groups is 1. The van der Waals surface area contributed by atoms with Crippen LogP contribution in [0.1, 0.15) is 6.92 Å². The number of hydrogen-bond donors (Lipinski definition) is 2. The van der Waals surface area contributed by atoms with E-state index >= 15 is 0 Å². The lowest BCUT2D eigenvalue weighted by atomic mass is 10.4. The van der Waals surface area contributed by atoms with Gasteiger partial charge in [0.25, 0.3) is 0 Å². The van der Waals surface area contributed by atoms with Crippen molar-refractivity contribution >= 4 is 11.7 Å². The summed E-state index contributed by atoms with van der Waals surface area (Å²) >= 11 is 0. The number of benzene rings is 1. The van der Waals surface area contributed by atoms with Gasteiger partial charge < -0.3 is 10.4 Å². The molecule has 0 heterocycles. The molecule has 0 saturated carbocycles. The molecule has 0 saturated heterocycles. The molecule has 1 atom stereocenters. The van der Waals surface area contributed by atoms with Crippen molar-refractivity contribution in [3.63, 3.8) is 0 Å². The molecule has 64 valence electrons. The van der Waals surface area contributed by atoms with E-state index in [0.29, 0.717) is 0 Å². The number of nitrogens with one attached hydrogen (secondary N) is 1. The van der Waals surface area contributed by atoms with Gasteiger partial charge in [-0.3, -0.25) is 4.79 Å². The maximum atomic E-state index is 10.4. The number of rotatable bonds is 3. The fourth-order valence-corrected chi connectivity index (χ4v) is 0.846. The molecule has 1 aromatic carbocycles. The van der Waals surface area contributed by atoms with Crippen LogP contribution in [0.4, 0.5) is 5.69 Å². The van der Waals surface area contributed by atoms with E-state index in [2.05, 4.69) is 5.32 Å². The molecule has 0 fully saturated rings. The average molecular weight is 171 g/mol. The molecule has 0 amide bonds. The van der Waals surface area contributed by atoms with Gasteiger partial charge in [-0.25, -0.2) is 0 Å². The summed E-state index contributed by atoms with van der Waals surface area (Å²) in [7, 11) is 0. The van der Waals surface area contributed by atoms with Gasteiger partial charge in [0.05, 0.1) is 0 Å². The minimum Gasteiger partial charge on any atom is -0.480 e. The summed E-state index contributed by atoms with van der Waals surface area (Å²) in [6.07, 6.45) is 0. The second-order valence-corrected chi connectivity index (χ2v) is 2.57. The number of para-hydroxylation sites is 1. The third-order valence-corrected chi connectivity index (χ3v) is 1.53. The fraction of sp³-hybridized carbons (Fsp3) is 0.222. The number of carboxylic acid groups (broad SMARTS) is 1. The molecular weight excluding hydrogens is 160 g/mol. The molecule has 1 rings (SSSR count). The first-order valence-electron chi connectivity index (χ1n) is 3.74. The number of carboxylic acids is 1. The van der Waals surface area contributed by atoms with Crippen LogP contribution in [0.25, 0.3) is 0 Å². The zero-order valence-corrected chi connectivity index (χ0v) is 6.82. The molecule has 0 bridgehead atoms. The smallest absolute Gasteiger partial charge is 0.325 e. The zero-order valence-electron chi connectivity index (χ0n) is 6.82. The number of hydrogen-bond acceptors (Lipinski definition) is 2. The predicted octanol–water partition coefficient (Wildman–Crippen LogP) is 1.57. The SMILES string of the molecule is C[C@H](N[13c]1[13cH][13cH][13cH][13cH][13cH]1)C(=O)O. The number of anilines is 1. The highest BCUT2D eigenvalue weighted by atomic mass is 16.4. The first-order valence-corrected chi connectivity index (χ1v) is 3.74. The van der Waals surface area contributed by atoms with Crippen LogP contribution in [-0.4, -0.2) is 17.1 Å². The van der Waals surface area contributed by atoms with Crippen molar-refractivity contribution in [3.05, 3.63) is 30.3 Å². The number of aliphatic carboxylic acids is 1. The Bertz CT molecular complexity index is 258. The van der Waals surface area contributed by atoms with E-state index in [0.717, 1.165) is 5.69 Å². The van der Waals surface area contributed by atoms with E-state index in [9.17, 15) is 4.79 Å². The fourth-order valence-electron chi connectivity index (χ4n) is 0.846. The van der Waals surface area contributed by atoms with Crippen molar-refractivity contribution in [1.29, 1.82) is 0 Å². The summed E-state index contributed by atoms with van der Waals surface area (Å²) < 4.78 is 0. The predicted molar refractivity (Wildman–Crippen MR) is 47.2 cm³/mol.